The summed E-state index contributed by atoms with van der Waals surface area (Å²) in [5, 5.41) is 3.90. The second-order valence-corrected chi connectivity index (χ2v) is 10.3. The summed E-state index contributed by atoms with van der Waals surface area (Å²) in [7, 11) is 0. The molecule has 5 aromatic rings. The Morgan fingerprint density at radius 3 is 1.50 bits per heavy atom. The van der Waals surface area contributed by atoms with Crippen LogP contribution in [-0.4, -0.2) is 18.2 Å². The lowest BCUT2D eigenvalue weighted by molar-refractivity contribution is 0.0260. The zero-order chi connectivity index (χ0) is 26.4. The number of fused-ring (bicyclic) bond motifs is 3. The number of hydrogen-bond acceptors (Lipinski definition) is 4. The van der Waals surface area contributed by atoms with Gasteiger partial charge in [-0.2, -0.15) is 0 Å². The smallest absolute Gasteiger partial charge is 0.340 e. The number of rotatable bonds is 6. The number of ether oxygens (including phenoxy) is 3. The molecule has 0 atom stereocenters. The predicted octanol–water partition coefficient (Wildman–Crippen LogP) is 8.03. The van der Waals surface area contributed by atoms with Gasteiger partial charge in [0.15, 0.2) is 5.60 Å². The van der Waals surface area contributed by atoms with Crippen molar-refractivity contribution in [3.63, 3.8) is 0 Å². The number of cyclic esters (lactones) is 1. The highest BCUT2D eigenvalue weighted by molar-refractivity contribution is 6.02. The van der Waals surface area contributed by atoms with Gasteiger partial charge in [0.1, 0.15) is 11.5 Å². The minimum absolute atomic E-state index is 0.0284. The maximum atomic E-state index is 13.5. The van der Waals surface area contributed by atoms with Crippen LogP contribution in [0.3, 0.4) is 0 Å². The summed E-state index contributed by atoms with van der Waals surface area (Å²) in [6.45, 7) is 8.08. The quantitative estimate of drug-likeness (QED) is 0.221. The van der Waals surface area contributed by atoms with E-state index in [1.807, 2.05) is 100 Å². The normalized spacial score (nSPS) is 14.2. The van der Waals surface area contributed by atoms with Crippen LogP contribution < -0.4 is 9.47 Å². The fourth-order valence-electron chi connectivity index (χ4n) is 5.63. The molecule has 0 bridgehead atoms. The van der Waals surface area contributed by atoms with Gasteiger partial charge in [0.05, 0.1) is 17.8 Å². The fraction of sp³-hybridized carbons (Fsp3) is 0.206. The molecule has 4 heteroatoms. The van der Waals surface area contributed by atoms with Crippen molar-refractivity contribution in [1.82, 2.24) is 0 Å². The van der Waals surface area contributed by atoms with Gasteiger partial charge < -0.3 is 14.2 Å². The molecule has 38 heavy (non-hydrogen) atoms. The van der Waals surface area contributed by atoms with Crippen LogP contribution >= 0.6 is 0 Å². The number of esters is 1. The molecule has 0 aliphatic carbocycles. The third-order valence-electron chi connectivity index (χ3n) is 7.02. The molecule has 0 saturated heterocycles. The van der Waals surface area contributed by atoms with Gasteiger partial charge in [0.25, 0.3) is 0 Å². The second-order valence-electron chi connectivity index (χ2n) is 10.3. The lowest BCUT2D eigenvalue weighted by Gasteiger charge is -2.33. The van der Waals surface area contributed by atoms with Crippen LogP contribution in [0.2, 0.25) is 0 Å². The lowest BCUT2D eigenvalue weighted by Crippen LogP contribution is -2.30. The van der Waals surface area contributed by atoms with Gasteiger partial charge in [0, 0.05) is 27.5 Å². The molecule has 1 aliphatic heterocycles. The summed E-state index contributed by atoms with van der Waals surface area (Å²) >= 11 is 0. The Morgan fingerprint density at radius 2 is 1.00 bits per heavy atom. The van der Waals surface area contributed by atoms with Crippen molar-refractivity contribution in [1.29, 1.82) is 0 Å². The van der Waals surface area contributed by atoms with Gasteiger partial charge in [0.2, 0.25) is 0 Å². The molecule has 0 N–H and O–H groups in total. The highest BCUT2D eigenvalue weighted by Crippen LogP contribution is 2.52. The molecule has 1 aliphatic rings. The Kier molecular flexibility index (Phi) is 5.83. The van der Waals surface area contributed by atoms with Crippen LogP contribution in [0.25, 0.3) is 21.5 Å². The summed E-state index contributed by atoms with van der Waals surface area (Å²) in [5.41, 5.74) is 2.04. The van der Waals surface area contributed by atoms with Gasteiger partial charge in [-0.1, -0.05) is 66.7 Å². The SMILES string of the molecule is CC(C)Oc1ccc(C2(c3ccc(OC(C)C)c4ccccc34)OC(=O)c3ccccc32)c2ccccc12. The van der Waals surface area contributed by atoms with E-state index in [9.17, 15) is 4.79 Å². The van der Waals surface area contributed by atoms with Crippen molar-refractivity contribution < 1.29 is 19.0 Å². The fourth-order valence-corrected chi connectivity index (χ4v) is 5.63. The highest BCUT2D eigenvalue weighted by Gasteiger charge is 2.50. The Bertz CT molecular complexity index is 1590. The Labute approximate surface area is 222 Å². The predicted molar refractivity (Wildman–Crippen MR) is 151 cm³/mol. The molecule has 6 rings (SSSR count). The molecular formula is C34H30O4. The molecule has 0 fully saturated rings. The van der Waals surface area contributed by atoms with E-state index in [-0.39, 0.29) is 18.2 Å². The molecule has 0 unspecified atom stereocenters. The summed E-state index contributed by atoms with van der Waals surface area (Å²) in [5.74, 6) is 1.27. The maximum absolute atomic E-state index is 13.5. The number of benzene rings is 5. The van der Waals surface area contributed by atoms with Crippen molar-refractivity contribution in [3.05, 3.63) is 119 Å². The number of carbonyl (C=O) groups excluding carboxylic acids is 1. The second kappa shape index (κ2) is 9.21. The van der Waals surface area contributed by atoms with E-state index in [0.717, 1.165) is 49.7 Å². The molecule has 1 heterocycles. The third kappa shape index (κ3) is 3.71. The molecule has 0 spiro atoms. The van der Waals surface area contributed by atoms with Gasteiger partial charge in [-0.05, 0) is 68.8 Å². The van der Waals surface area contributed by atoms with Crippen molar-refractivity contribution in [2.75, 3.05) is 0 Å². The molecule has 4 nitrogen and oxygen atoms in total. The molecule has 0 aromatic heterocycles. The third-order valence-corrected chi connectivity index (χ3v) is 7.02. The van der Waals surface area contributed by atoms with Crippen molar-refractivity contribution in [2.24, 2.45) is 0 Å². The minimum Gasteiger partial charge on any atom is -0.490 e. The van der Waals surface area contributed by atoms with E-state index in [2.05, 4.69) is 24.3 Å². The van der Waals surface area contributed by atoms with E-state index >= 15 is 0 Å². The van der Waals surface area contributed by atoms with Crippen LogP contribution in [0.1, 0.15) is 54.7 Å². The standard InChI is InChI=1S/C34H30O4/c1-21(2)36-31-19-17-29(23-11-5-7-13-25(23)31)34(28-16-10-9-15-27(28)33(35)38-34)30-18-20-32(37-22(3)4)26-14-8-6-12-24(26)30/h5-22H,1-4H3. The Hall–Kier alpha value is -4.31. The van der Waals surface area contributed by atoms with E-state index in [1.165, 1.54) is 0 Å². The van der Waals surface area contributed by atoms with E-state index in [4.69, 9.17) is 14.2 Å². The lowest BCUT2D eigenvalue weighted by atomic mass is 9.76. The summed E-state index contributed by atoms with van der Waals surface area (Å²) in [4.78, 5) is 13.5. The van der Waals surface area contributed by atoms with Crippen LogP contribution in [0.15, 0.2) is 97.1 Å². The Balaban J connectivity index is 1.72. The summed E-state index contributed by atoms with van der Waals surface area (Å²) in [6, 6.07) is 32.1. The van der Waals surface area contributed by atoms with E-state index < -0.39 is 5.60 Å². The van der Waals surface area contributed by atoms with E-state index in [1.54, 1.807) is 0 Å². The first kappa shape index (κ1) is 24.1. The van der Waals surface area contributed by atoms with Gasteiger partial charge in [-0.15, -0.1) is 0 Å². The summed E-state index contributed by atoms with van der Waals surface area (Å²) in [6.07, 6.45) is 0.0568. The molecular weight excluding hydrogens is 472 g/mol. The van der Waals surface area contributed by atoms with Crippen molar-refractivity contribution in [2.45, 2.75) is 45.5 Å². The van der Waals surface area contributed by atoms with E-state index in [0.29, 0.717) is 5.56 Å². The average Bonchev–Trinajstić information content (AvgIpc) is 3.21. The monoisotopic (exact) mass is 502 g/mol. The zero-order valence-electron chi connectivity index (χ0n) is 22.0. The first-order valence-electron chi connectivity index (χ1n) is 13.1. The van der Waals surface area contributed by atoms with Crippen LogP contribution in [0.5, 0.6) is 11.5 Å². The Morgan fingerprint density at radius 1 is 0.553 bits per heavy atom. The minimum atomic E-state index is -1.15. The molecule has 190 valence electrons. The van der Waals surface area contributed by atoms with Gasteiger partial charge in [-0.3, -0.25) is 0 Å². The van der Waals surface area contributed by atoms with Crippen molar-refractivity contribution in [3.8, 4) is 11.5 Å². The first-order chi connectivity index (χ1) is 18.4. The van der Waals surface area contributed by atoms with Gasteiger partial charge >= 0.3 is 5.97 Å². The molecule has 0 saturated carbocycles. The largest absolute Gasteiger partial charge is 0.490 e. The maximum Gasteiger partial charge on any atom is 0.340 e. The molecule has 5 aromatic carbocycles. The topological polar surface area (TPSA) is 44.8 Å². The van der Waals surface area contributed by atoms with Crippen LogP contribution in [0, 0.1) is 0 Å². The van der Waals surface area contributed by atoms with Crippen LogP contribution in [-0.2, 0) is 10.3 Å². The molecule has 0 amide bonds. The zero-order valence-corrected chi connectivity index (χ0v) is 22.0. The first-order valence-corrected chi connectivity index (χ1v) is 13.1. The van der Waals surface area contributed by atoms with Gasteiger partial charge in [-0.25, -0.2) is 4.79 Å². The number of hydrogen-bond donors (Lipinski definition) is 0. The highest BCUT2D eigenvalue weighted by atomic mass is 16.6. The number of carbonyl (C=O) groups is 1. The van der Waals surface area contributed by atoms with Crippen LogP contribution in [0.4, 0.5) is 0 Å². The average molecular weight is 503 g/mol. The molecule has 0 radical (unpaired) electrons. The summed E-state index contributed by atoms with van der Waals surface area (Å²) < 4.78 is 18.9. The van der Waals surface area contributed by atoms with Crippen molar-refractivity contribution >= 4 is 27.5 Å².